The molecule has 2 bridgehead atoms. The summed E-state index contributed by atoms with van der Waals surface area (Å²) in [5, 5.41) is 3.02. The van der Waals surface area contributed by atoms with E-state index in [1.165, 1.54) is 0 Å². The highest BCUT2D eigenvalue weighted by Gasteiger charge is 2.40. The molecule has 1 saturated heterocycles. The van der Waals surface area contributed by atoms with Gasteiger partial charge in [-0.3, -0.25) is 14.5 Å². The predicted molar refractivity (Wildman–Crippen MR) is 108 cm³/mol. The predicted octanol–water partition coefficient (Wildman–Crippen LogP) is 1.49. The van der Waals surface area contributed by atoms with Gasteiger partial charge >= 0.3 is 0 Å². The fourth-order valence-electron chi connectivity index (χ4n) is 4.89. The van der Waals surface area contributed by atoms with Gasteiger partial charge in [0.05, 0.1) is 12.6 Å². The summed E-state index contributed by atoms with van der Waals surface area (Å²) in [4.78, 5) is 38.0. The average molecular weight is 392 g/mol. The lowest BCUT2D eigenvalue weighted by Gasteiger charge is -2.46. The fraction of sp³-hybridized carbons (Fsp3) is 0.381. The van der Waals surface area contributed by atoms with E-state index >= 15 is 0 Å². The molecule has 0 aliphatic carbocycles. The lowest BCUT2D eigenvalue weighted by Crippen LogP contribution is -2.51. The van der Waals surface area contributed by atoms with Crippen molar-refractivity contribution in [2.75, 3.05) is 19.6 Å². The van der Waals surface area contributed by atoms with Crippen LogP contribution in [0.5, 0.6) is 0 Å². The zero-order valence-electron chi connectivity index (χ0n) is 16.0. The number of H-pyrrole nitrogens is 2. The minimum absolute atomic E-state index is 0.0100. The molecular formula is C21H24N6O2. The molecule has 5 rings (SSSR count). The Bertz CT molecular complexity index is 1040. The number of aromatic amines is 2. The van der Waals surface area contributed by atoms with Crippen LogP contribution in [0.1, 0.15) is 40.4 Å². The molecule has 8 heteroatoms. The SMILES string of the molecule is O=C(NC[C@H]1[C@H]2C[C@H](CN(Cc3ncc[nH]3)C2)c2cccc(=O)n21)c1ccc[nH]1. The normalized spacial score (nSPS) is 23.5. The van der Waals surface area contributed by atoms with E-state index < -0.39 is 0 Å². The van der Waals surface area contributed by atoms with Crippen molar-refractivity contribution in [1.82, 2.24) is 29.7 Å². The van der Waals surface area contributed by atoms with Crippen molar-refractivity contribution < 1.29 is 4.79 Å². The van der Waals surface area contributed by atoms with Crippen LogP contribution in [0.2, 0.25) is 0 Å². The first kappa shape index (κ1) is 17.9. The number of nitrogens with one attached hydrogen (secondary N) is 3. The number of pyridine rings is 1. The van der Waals surface area contributed by atoms with Gasteiger partial charge in [-0.15, -0.1) is 0 Å². The van der Waals surface area contributed by atoms with E-state index in [-0.39, 0.29) is 17.5 Å². The lowest BCUT2D eigenvalue weighted by molar-refractivity contribution is 0.0778. The topological polar surface area (TPSA) is 98.8 Å². The van der Waals surface area contributed by atoms with Crippen molar-refractivity contribution in [2.45, 2.75) is 24.9 Å². The number of carbonyl (C=O) groups excluding carboxylic acids is 1. The summed E-state index contributed by atoms with van der Waals surface area (Å²) < 4.78 is 1.91. The molecule has 0 spiro atoms. The highest BCUT2D eigenvalue weighted by Crippen LogP contribution is 2.41. The number of aromatic nitrogens is 4. The number of imidazole rings is 1. The van der Waals surface area contributed by atoms with Gasteiger partial charge in [0.25, 0.3) is 11.5 Å². The quantitative estimate of drug-likeness (QED) is 0.613. The molecule has 29 heavy (non-hydrogen) atoms. The van der Waals surface area contributed by atoms with Gasteiger partial charge in [0, 0.05) is 55.9 Å². The third kappa shape index (κ3) is 3.40. The van der Waals surface area contributed by atoms with Crippen LogP contribution in [0.4, 0.5) is 0 Å². The van der Waals surface area contributed by atoms with Crippen LogP contribution < -0.4 is 10.9 Å². The molecule has 1 amide bonds. The van der Waals surface area contributed by atoms with Crippen molar-refractivity contribution in [3.8, 4) is 0 Å². The Balaban J connectivity index is 1.41. The minimum atomic E-state index is -0.147. The second-order valence-electron chi connectivity index (χ2n) is 7.94. The highest BCUT2D eigenvalue weighted by atomic mass is 16.2. The third-order valence-corrected chi connectivity index (χ3v) is 6.12. The molecule has 3 atom stereocenters. The summed E-state index contributed by atoms with van der Waals surface area (Å²) in [6.45, 7) is 2.97. The Hall–Kier alpha value is -3.13. The summed E-state index contributed by atoms with van der Waals surface area (Å²) in [6, 6.07) is 9.00. The maximum atomic E-state index is 12.7. The molecule has 2 aliphatic rings. The zero-order chi connectivity index (χ0) is 19.8. The number of amides is 1. The maximum absolute atomic E-state index is 12.7. The molecule has 0 aromatic carbocycles. The Morgan fingerprint density at radius 3 is 2.90 bits per heavy atom. The molecule has 2 aliphatic heterocycles. The van der Waals surface area contributed by atoms with Gasteiger partial charge in [-0.2, -0.15) is 0 Å². The smallest absolute Gasteiger partial charge is 0.267 e. The molecule has 0 unspecified atom stereocenters. The molecule has 150 valence electrons. The van der Waals surface area contributed by atoms with Gasteiger partial charge in [0.15, 0.2) is 0 Å². The van der Waals surface area contributed by atoms with Crippen molar-refractivity contribution >= 4 is 5.91 Å². The van der Waals surface area contributed by atoms with Crippen molar-refractivity contribution in [3.05, 3.63) is 76.5 Å². The Kier molecular flexibility index (Phi) is 4.55. The molecule has 8 nitrogen and oxygen atoms in total. The molecule has 3 aromatic rings. The number of hydrogen-bond donors (Lipinski definition) is 3. The average Bonchev–Trinajstić information content (AvgIpc) is 3.42. The van der Waals surface area contributed by atoms with Gasteiger partial charge in [0.2, 0.25) is 0 Å². The Labute approximate surface area is 168 Å². The number of nitrogens with zero attached hydrogens (tertiary/aromatic N) is 3. The van der Waals surface area contributed by atoms with E-state index in [0.717, 1.165) is 37.6 Å². The van der Waals surface area contributed by atoms with E-state index in [1.54, 1.807) is 30.6 Å². The second-order valence-corrected chi connectivity index (χ2v) is 7.94. The standard InChI is InChI=1S/C21H24N6O2/c28-20-5-1-4-17-14-9-15(12-26(11-14)13-19-23-7-8-24-19)18(27(17)20)10-25-21(29)16-3-2-6-22-16/h1-8,14-15,18,22H,9-13H2,(H,23,24)(H,25,29)/t14-,15+,18+/m1/s1. The van der Waals surface area contributed by atoms with Gasteiger partial charge in [-0.25, -0.2) is 4.98 Å². The number of likely N-dealkylation sites (tertiary alicyclic amines) is 1. The van der Waals surface area contributed by atoms with E-state index in [9.17, 15) is 9.59 Å². The lowest BCUT2D eigenvalue weighted by atomic mass is 9.78. The van der Waals surface area contributed by atoms with Crippen LogP contribution in [-0.2, 0) is 6.54 Å². The first-order chi connectivity index (χ1) is 14.2. The Morgan fingerprint density at radius 1 is 1.17 bits per heavy atom. The van der Waals surface area contributed by atoms with Gasteiger partial charge in [-0.1, -0.05) is 6.07 Å². The van der Waals surface area contributed by atoms with E-state index in [4.69, 9.17) is 0 Å². The van der Waals surface area contributed by atoms with E-state index in [2.05, 4.69) is 31.2 Å². The van der Waals surface area contributed by atoms with Gasteiger partial charge in [-0.05, 0) is 30.5 Å². The first-order valence-electron chi connectivity index (χ1n) is 10.0. The van der Waals surface area contributed by atoms with Crippen molar-refractivity contribution in [1.29, 1.82) is 0 Å². The zero-order valence-corrected chi connectivity index (χ0v) is 16.0. The highest BCUT2D eigenvalue weighted by molar-refractivity contribution is 5.92. The van der Waals surface area contributed by atoms with Crippen molar-refractivity contribution in [2.24, 2.45) is 5.92 Å². The summed E-state index contributed by atoms with van der Waals surface area (Å²) in [6.07, 6.45) is 6.37. The number of carbonyl (C=O) groups is 1. The second kappa shape index (κ2) is 7.36. The van der Waals surface area contributed by atoms with Crippen LogP contribution in [-0.4, -0.2) is 50.0 Å². The van der Waals surface area contributed by atoms with Crippen LogP contribution >= 0.6 is 0 Å². The van der Waals surface area contributed by atoms with E-state index in [1.807, 2.05) is 16.8 Å². The molecule has 0 radical (unpaired) electrons. The first-order valence-corrected chi connectivity index (χ1v) is 10.0. The number of rotatable bonds is 5. The van der Waals surface area contributed by atoms with E-state index in [0.29, 0.717) is 24.1 Å². The minimum Gasteiger partial charge on any atom is -0.357 e. The summed E-state index contributed by atoms with van der Waals surface area (Å²) in [5.74, 6) is 1.41. The van der Waals surface area contributed by atoms with Crippen LogP contribution in [0.25, 0.3) is 0 Å². The molecule has 3 aromatic heterocycles. The van der Waals surface area contributed by atoms with Gasteiger partial charge < -0.3 is 19.9 Å². The van der Waals surface area contributed by atoms with Crippen LogP contribution in [0, 0.1) is 5.92 Å². The molecule has 3 N–H and O–H groups in total. The molecule has 1 fully saturated rings. The fourth-order valence-corrected chi connectivity index (χ4v) is 4.89. The number of fused-ring (bicyclic) bond motifs is 4. The van der Waals surface area contributed by atoms with Crippen LogP contribution in [0.3, 0.4) is 0 Å². The summed E-state index contributed by atoms with van der Waals surface area (Å²) in [7, 11) is 0. The largest absolute Gasteiger partial charge is 0.357 e. The van der Waals surface area contributed by atoms with Crippen LogP contribution in [0.15, 0.2) is 53.7 Å². The molecular weight excluding hydrogens is 368 g/mol. The van der Waals surface area contributed by atoms with Crippen molar-refractivity contribution in [3.63, 3.8) is 0 Å². The molecule has 5 heterocycles. The summed E-state index contributed by atoms with van der Waals surface area (Å²) >= 11 is 0. The number of piperidine rings is 1. The number of hydrogen-bond acceptors (Lipinski definition) is 4. The molecule has 0 saturated carbocycles. The van der Waals surface area contributed by atoms with Gasteiger partial charge in [0.1, 0.15) is 11.5 Å². The Morgan fingerprint density at radius 2 is 2.10 bits per heavy atom. The monoisotopic (exact) mass is 392 g/mol. The third-order valence-electron chi connectivity index (χ3n) is 6.12. The summed E-state index contributed by atoms with van der Waals surface area (Å²) in [5.41, 5.74) is 1.61. The maximum Gasteiger partial charge on any atom is 0.267 e.